The summed E-state index contributed by atoms with van der Waals surface area (Å²) in [5.41, 5.74) is 2.24. The molecule has 140 valence electrons. The van der Waals surface area contributed by atoms with Gasteiger partial charge in [-0.3, -0.25) is 9.78 Å². The van der Waals surface area contributed by atoms with E-state index in [0.717, 1.165) is 16.6 Å². The van der Waals surface area contributed by atoms with Crippen LogP contribution in [0.1, 0.15) is 36.5 Å². The monoisotopic (exact) mass is 367 g/mol. The van der Waals surface area contributed by atoms with E-state index in [9.17, 15) is 14.7 Å². The van der Waals surface area contributed by atoms with Crippen molar-refractivity contribution in [2.75, 3.05) is 0 Å². The standard InChI is InChI=1S/C19H21N5O3/c1-11(2)9-16(19(26)27)21-18(25)17-12(3)24(23-22-17)14-6-7-15-13(10-14)5-4-8-20-15/h4-8,10-11,16H,9H2,1-3H3,(H,21,25)(H,26,27)/t16-/m0/s1. The number of aromatic nitrogens is 4. The molecule has 0 fully saturated rings. The Morgan fingerprint density at radius 3 is 2.74 bits per heavy atom. The van der Waals surface area contributed by atoms with Crippen LogP contribution in [0.2, 0.25) is 0 Å². The van der Waals surface area contributed by atoms with E-state index in [0.29, 0.717) is 12.1 Å². The van der Waals surface area contributed by atoms with Crippen LogP contribution in [0.15, 0.2) is 36.5 Å². The molecule has 2 N–H and O–H groups in total. The third-order valence-electron chi connectivity index (χ3n) is 4.25. The van der Waals surface area contributed by atoms with Crippen LogP contribution in [0, 0.1) is 12.8 Å². The number of pyridine rings is 1. The van der Waals surface area contributed by atoms with Crippen molar-refractivity contribution in [2.24, 2.45) is 5.92 Å². The van der Waals surface area contributed by atoms with E-state index in [4.69, 9.17) is 0 Å². The van der Waals surface area contributed by atoms with Crippen LogP contribution in [0.4, 0.5) is 0 Å². The highest BCUT2D eigenvalue weighted by Gasteiger charge is 2.25. The summed E-state index contributed by atoms with van der Waals surface area (Å²) >= 11 is 0. The molecule has 0 spiro atoms. The predicted octanol–water partition coefficient (Wildman–Crippen LogP) is 2.35. The molecular weight excluding hydrogens is 346 g/mol. The fraction of sp³-hybridized carbons (Fsp3) is 0.316. The van der Waals surface area contributed by atoms with Crippen LogP contribution < -0.4 is 5.32 Å². The number of fused-ring (bicyclic) bond motifs is 1. The second kappa shape index (κ2) is 7.53. The van der Waals surface area contributed by atoms with Gasteiger partial charge in [0.1, 0.15) is 6.04 Å². The maximum atomic E-state index is 12.5. The molecule has 1 atom stereocenters. The number of amides is 1. The summed E-state index contributed by atoms with van der Waals surface area (Å²) in [6.45, 7) is 5.52. The van der Waals surface area contributed by atoms with E-state index in [1.165, 1.54) is 0 Å². The van der Waals surface area contributed by atoms with Crippen molar-refractivity contribution in [3.8, 4) is 5.69 Å². The number of carbonyl (C=O) groups excluding carboxylic acids is 1. The molecule has 0 aliphatic rings. The van der Waals surface area contributed by atoms with Gasteiger partial charge in [-0.1, -0.05) is 25.1 Å². The molecule has 0 saturated heterocycles. The largest absolute Gasteiger partial charge is 0.480 e. The second-order valence-electron chi connectivity index (χ2n) is 6.81. The Hall–Kier alpha value is -3.29. The normalized spacial score (nSPS) is 12.3. The Morgan fingerprint density at radius 1 is 1.26 bits per heavy atom. The number of rotatable bonds is 6. The van der Waals surface area contributed by atoms with Gasteiger partial charge in [-0.2, -0.15) is 0 Å². The van der Waals surface area contributed by atoms with E-state index >= 15 is 0 Å². The number of nitrogens with zero attached hydrogens (tertiary/aromatic N) is 4. The van der Waals surface area contributed by atoms with E-state index in [1.54, 1.807) is 17.8 Å². The first kappa shape index (κ1) is 18.5. The summed E-state index contributed by atoms with van der Waals surface area (Å²) in [4.78, 5) is 28.2. The molecule has 0 unspecified atom stereocenters. The zero-order valence-electron chi connectivity index (χ0n) is 15.4. The highest BCUT2D eigenvalue weighted by molar-refractivity contribution is 5.95. The molecule has 0 radical (unpaired) electrons. The molecule has 2 aromatic heterocycles. The fourth-order valence-electron chi connectivity index (χ4n) is 2.90. The van der Waals surface area contributed by atoms with Gasteiger partial charge in [-0.25, -0.2) is 9.48 Å². The van der Waals surface area contributed by atoms with Gasteiger partial charge in [0.15, 0.2) is 5.69 Å². The van der Waals surface area contributed by atoms with Crippen molar-refractivity contribution in [2.45, 2.75) is 33.2 Å². The Balaban J connectivity index is 1.87. The highest BCUT2D eigenvalue weighted by atomic mass is 16.4. The average molecular weight is 367 g/mol. The first-order valence-corrected chi connectivity index (χ1v) is 8.68. The molecule has 0 aliphatic carbocycles. The number of hydrogen-bond donors (Lipinski definition) is 2. The van der Waals surface area contributed by atoms with Crippen LogP contribution in [0.5, 0.6) is 0 Å². The SMILES string of the molecule is Cc1c(C(=O)N[C@@H](CC(C)C)C(=O)O)nnn1-c1ccc2ncccc2c1. The third kappa shape index (κ3) is 3.94. The van der Waals surface area contributed by atoms with E-state index in [2.05, 4.69) is 20.6 Å². The number of aliphatic carboxylic acids is 1. The van der Waals surface area contributed by atoms with Crippen LogP contribution in [0.3, 0.4) is 0 Å². The summed E-state index contributed by atoms with van der Waals surface area (Å²) in [5.74, 6) is -1.48. The van der Waals surface area contributed by atoms with Gasteiger partial charge in [0.05, 0.1) is 16.9 Å². The van der Waals surface area contributed by atoms with Crippen LogP contribution in [0.25, 0.3) is 16.6 Å². The molecule has 0 bridgehead atoms. The first-order chi connectivity index (χ1) is 12.9. The van der Waals surface area contributed by atoms with Gasteiger partial charge in [-0.15, -0.1) is 5.10 Å². The Bertz CT molecular complexity index is 996. The molecule has 1 amide bonds. The van der Waals surface area contributed by atoms with Gasteiger partial charge in [-0.05, 0) is 43.5 Å². The van der Waals surface area contributed by atoms with E-state index < -0.39 is 17.9 Å². The molecule has 1 aromatic carbocycles. The van der Waals surface area contributed by atoms with Gasteiger partial charge >= 0.3 is 5.97 Å². The van der Waals surface area contributed by atoms with Crippen LogP contribution >= 0.6 is 0 Å². The minimum Gasteiger partial charge on any atom is -0.480 e. The Kier molecular flexibility index (Phi) is 5.16. The van der Waals surface area contributed by atoms with Crippen LogP contribution in [-0.4, -0.2) is 43.0 Å². The maximum Gasteiger partial charge on any atom is 0.326 e. The minimum absolute atomic E-state index is 0.108. The third-order valence-corrected chi connectivity index (χ3v) is 4.25. The number of nitrogens with one attached hydrogen (secondary N) is 1. The quantitative estimate of drug-likeness (QED) is 0.692. The van der Waals surface area contributed by atoms with E-state index in [-0.39, 0.29) is 11.6 Å². The lowest BCUT2D eigenvalue weighted by Crippen LogP contribution is -2.42. The summed E-state index contributed by atoms with van der Waals surface area (Å²) in [7, 11) is 0. The molecule has 0 saturated carbocycles. The smallest absolute Gasteiger partial charge is 0.326 e. The van der Waals surface area contributed by atoms with E-state index in [1.807, 2.05) is 44.2 Å². The van der Waals surface area contributed by atoms with Gasteiger partial charge < -0.3 is 10.4 Å². The molecule has 3 rings (SSSR count). The fourth-order valence-corrected chi connectivity index (χ4v) is 2.90. The van der Waals surface area contributed by atoms with Crippen molar-refractivity contribution in [3.63, 3.8) is 0 Å². The predicted molar refractivity (Wildman–Crippen MR) is 99.7 cm³/mol. The second-order valence-corrected chi connectivity index (χ2v) is 6.81. The number of carboxylic acid groups (broad SMARTS) is 1. The minimum atomic E-state index is -1.07. The molecule has 3 aromatic rings. The van der Waals surface area contributed by atoms with Gasteiger partial charge in [0.25, 0.3) is 5.91 Å². The summed E-state index contributed by atoms with van der Waals surface area (Å²) in [6.07, 6.45) is 2.06. The first-order valence-electron chi connectivity index (χ1n) is 8.68. The molecule has 8 heteroatoms. The van der Waals surface area contributed by atoms with Crippen molar-refractivity contribution in [3.05, 3.63) is 47.9 Å². The van der Waals surface area contributed by atoms with Crippen molar-refractivity contribution in [1.82, 2.24) is 25.3 Å². The average Bonchev–Trinajstić information content (AvgIpc) is 3.01. The molecule has 27 heavy (non-hydrogen) atoms. The summed E-state index contributed by atoms with van der Waals surface area (Å²) in [5, 5.41) is 20.8. The zero-order valence-corrected chi connectivity index (χ0v) is 15.4. The van der Waals surface area contributed by atoms with Crippen molar-refractivity contribution >= 4 is 22.8 Å². The number of carbonyl (C=O) groups is 2. The summed E-state index contributed by atoms with van der Waals surface area (Å²) < 4.78 is 1.56. The highest BCUT2D eigenvalue weighted by Crippen LogP contribution is 2.18. The van der Waals surface area contributed by atoms with Gasteiger partial charge in [0, 0.05) is 11.6 Å². The lowest BCUT2D eigenvalue weighted by atomic mass is 10.0. The van der Waals surface area contributed by atoms with Crippen molar-refractivity contribution in [1.29, 1.82) is 0 Å². The lowest BCUT2D eigenvalue weighted by Gasteiger charge is -2.15. The zero-order chi connectivity index (χ0) is 19.6. The molecular formula is C19H21N5O3. The number of hydrogen-bond acceptors (Lipinski definition) is 5. The topological polar surface area (TPSA) is 110 Å². The number of benzene rings is 1. The van der Waals surface area contributed by atoms with Crippen LogP contribution in [-0.2, 0) is 4.79 Å². The number of carboxylic acids is 1. The molecule has 8 nitrogen and oxygen atoms in total. The summed E-state index contributed by atoms with van der Waals surface area (Å²) in [6, 6.07) is 8.44. The molecule has 2 heterocycles. The van der Waals surface area contributed by atoms with Gasteiger partial charge in [0.2, 0.25) is 0 Å². The Morgan fingerprint density at radius 2 is 2.04 bits per heavy atom. The maximum absolute atomic E-state index is 12.5. The Labute approximate surface area is 156 Å². The lowest BCUT2D eigenvalue weighted by molar-refractivity contribution is -0.139. The molecule has 0 aliphatic heterocycles. The van der Waals surface area contributed by atoms with Crippen molar-refractivity contribution < 1.29 is 14.7 Å².